The van der Waals surface area contributed by atoms with Gasteiger partial charge in [-0.25, -0.2) is 9.98 Å². The smallest absolute Gasteiger partial charge is 0.219 e. The SMILES string of the molecule is CCCOc1cc(N=C(C#N)C#N)sc1-c1cc2c(s1)c1sc3cc(-c4sc(N=C(C#N)C#N)cc4OCCC)n(C)c3c1n2C. The molecule has 14 heteroatoms. The predicted molar refractivity (Wildman–Crippen MR) is 187 cm³/mol. The minimum Gasteiger partial charge on any atom is -0.492 e. The Labute approximate surface area is 280 Å². The Balaban J connectivity index is 1.47. The van der Waals surface area contributed by atoms with Crippen LogP contribution in [0.5, 0.6) is 11.5 Å². The number of aryl methyl sites for hydroxylation is 2. The molecule has 0 atom stereocenters. The lowest BCUT2D eigenvalue weighted by atomic mass is 10.3. The van der Waals surface area contributed by atoms with Gasteiger partial charge in [0.15, 0.2) is 0 Å². The molecule has 0 radical (unpaired) electrons. The van der Waals surface area contributed by atoms with Crippen LogP contribution in [0.2, 0.25) is 0 Å². The number of thiophene rings is 4. The van der Waals surface area contributed by atoms with Gasteiger partial charge in [0.2, 0.25) is 11.4 Å². The molecule has 0 bridgehead atoms. The number of hydrogen-bond donors (Lipinski definition) is 0. The van der Waals surface area contributed by atoms with Gasteiger partial charge in [-0.2, -0.15) is 21.0 Å². The van der Waals surface area contributed by atoms with E-state index in [0.29, 0.717) is 34.7 Å². The first-order chi connectivity index (χ1) is 22.3. The van der Waals surface area contributed by atoms with Crippen molar-refractivity contribution in [1.29, 1.82) is 21.0 Å². The number of aliphatic imine (C=N–C) groups is 2. The summed E-state index contributed by atoms with van der Waals surface area (Å²) >= 11 is 6.22. The molecule has 0 aliphatic heterocycles. The minimum atomic E-state index is -0.197. The molecule has 0 fully saturated rings. The first kappa shape index (κ1) is 31.0. The van der Waals surface area contributed by atoms with Crippen LogP contribution in [-0.2, 0) is 14.1 Å². The summed E-state index contributed by atoms with van der Waals surface area (Å²) in [5.74, 6) is 1.38. The monoisotopic (exact) mass is 680 g/mol. The van der Waals surface area contributed by atoms with Crippen molar-refractivity contribution in [1.82, 2.24) is 9.13 Å². The maximum Gasteiger partial charge on any atom is 0.219 e. The molecule has 6 rings (SSSR count). The maximum absolute atomic E-state index is 9.22. The van der Waals surface area contributed by atoms with Gasteiger partial charge in [0, 0.05) is 26.2 Å². The van der Waals surface area contributed by atoms with Crippen LogP contribution in [0, 0.1) is 45.3 Å². The zero-order valence-corrected chi connectivity index (χ0v) is 28.4. The molecule has 6 aromatic heterocycles. The van der Waals surface area contributed by atoms with Gasteiger partial charge in [0.05, 0.1) is 64.2 Å². The van der Waals surface area contributed by atoms with Crippen LogP contribution in [0.4, 0.5) is 10.0 Å². The van der Waals surface area contributed by atoms with Crippen LogP contribution >= 0.6 is 45.3 Å². The highest BCUT2D eigenvalue weighted by Crippen LogP contribution is 2.52. The summed E-state index contributed by atoms with van der Waals surface area (Å²) in [7, 11) is 4.12. The first-order valence-electron chi connectivity index (χ1n) is 14.2. The number of nitrogens with zero attached hydrogens (tertiary/aromatic N) is 8. The third-order valence-corrected chi connectivity index (χ3v) is 11.7. The van der Waals surface area contributed by atoms with Crippen molar-refractivity contribution in [3.63, 3.8) is 0 Å². The number of ether oxygens (including phenoxy) is 2. The van der Waals surface area contributed by atoms with E-state index in [1.807, 2.05) is 45.2 Å². The molecule has 6 aromatic rings. The Hall–Kier alpha value is -4.96. The van der Waals surface area contributed by atoms with Crippen LogP contribution in [0.25, 0.3) is 51.0 Å². The highest BCUT2D eigenvalue weighted by Gasteiger charge is 2.25. The molecule has 0 aliphatic rings. The highest BCUT2D eigenvalue weighted by atomic mass is 32.1. The number of hydrogen-bond acceptors (Lipinski definition) is 12. The van der Waals surface area contributed by atoms with E-state index in [0.717, 1.165) is 54.4 Å². The third kappa shape index (κ3) is 5.32. The van der Waals surface area contributed by atoms with Crippen molar-refractivity contribution >= 4 is 97.4 Å². The van der Waals surface area contributed by atoms with Gasteiger partial charge in [-0.3, -0.25) is 0 Å². The minimum absolute atomic E-state index is 0.192. The largest absolute Gasteiger partial charge is 0.492 e. The van der Waals surface area contributed by atoms with E-state index in [2.05, 4.69) is 38.3 Å². The van der Waals surface area contributed by atoms with E-state index in [9.17, 15) is 21.0 Å². The van der Waals surface area contributed by atoms with E-state index in [4.69, 9.17) is 9.47 Å². The Kier molecular flexibility index (Phi) is 8.64. The van der Waals surface area contributed by atoms with Gasteiger partial charge >= 0.3 is 0 Å². The molecule has 0 unspecified atom stereocenters. The molecule has 46 heavy (non-hydrogen) atoms. The van der Waals surface area contributed by atoms with Crippen molar-refractivity contribution in [2.45, 2.75) is 26.7 Å². The van der Waals surface area contributed by atoms with Crippen molar-refractivity contribution in [2.75, 3.05) is 13.2 Å². The van der Waals surface area contributed by atoms with Gasteiger partial charge in [0.25, 0.3) is 0 Å². The molecule has 0 saturated heterocycles. The molecule has 0 saturated carbocycles. The zero-order chi connectivity index (χ0) is 32.5. The molecule has 0 amide bonds. The first-order valence-corrected chi connectivity index (χ1v) is 17.4. The zero-order valence-electron chi connectivity index (χ0n) is 25.2. The number of nitriles is 4. The van der Waals surface area contributed by atoms with Crippen LogP contribution in [0.3, 0.4) is 0 Å². The van der Waals surface area contributed by atoms with Crippen LogP contribution < -0.4 is 9.47 Å². The fraction of sp³-hybridized carbons (Fsp3) is 0.250. The fourth-order valence-electron chi connectivity index (χ4n) is 5.10. The average Bonchev–Trinajstić information content (AvgIpc) is 3.89. The molecular weight excluding hydrogens is 657 g/mol. The lowest BCUT2D eigenvalue weighted by Gasteiger charge is -2.07. The van der Waals surface area contributed by atoms with Crippen molar-refractivity contribution < 1.29 is 9.47 Å². The summed E-state index contributed by atoms with van der Waals surface area (Å²) in [6.45, 7) is 5.17. The second-order valence-corrected chi connectivity index (χ2v) is 14.3. The molecular formula is C32H24N8O2S4. The van der Waals surface area contributed by atoms with Gasteiger partial charge in [-0.05, 0) is 25.0 Å². The quantitative estimate of drug-likeness (QED) is 0.132. The summed E-state index contributed by atoms with van der Waals surface area (Å²) in [5.41, 5.74) is 3.92. The Morgan fingerprint density at radius 1 is 0.696 bits per heavy atom. The second kappa shape index (κ2) is 12.8. The normalized spacial score (nSPS) is 10.9. The van der Waals surface area contributed by atoms with Crippen molar-refractivity contribution in [3.8, 4) is 56.1 Å². The number of aromatic nitrogens is 2. The van der Waals surface area contributed by atoms with E-state index in [-0.39, 0.29) is 11.4 Å². The molecule has 0 aliphatic carbocycles. The van der Waals surface area contributed by atoms with Gasteiger partial charge in [-0.1, -0.05) is 13.8 Å². The summed E-state index contributed by atoms with van der Waals surface area (Å²) in [5, 5.41) is 37.9. The van der Waals surface area contributed by atoms with E-state index >= 15 is 0 Å². The molecule has 0 N–H and O–H groups in total. The molecule has 10 nitrogen and oxygen atoms in total. The Morgan fingerprint density at radius 3 is 1.83 bits per heavy atom. The van der Waals surface area contributed by atoms with E-state index in [1.165, 1.54) is 32.1 Å². The second-order valence-electron chi connectivity index (χ2n) is 10.1. The van der Waals surface area contributed by atoms with E-state index < -0.39 is 0 Å². The van der Waals surface area contributed by atoms with Crippen LogP contribution in [0.15, 0.2) is 34.3 Å². The average molecular weight is 681 g/mol. The van der Waals surface area contributed by atoms with Gasteiger partial charge in [-0.15, -0.1) is 45.3 Å². The van der Waals surface area contributed by atoms with Gasteiger partial charge < -0.3 is 18.6 Å². The van der Waals surface area contributed by atoms with Crippen LogP contribution in [-0.4, -0.2) is 33.8 Å². The lowest BCUT2D eigenvalue weighted by Crippen LogP contribution is -1.97. The number of rotatable bonds is 10. The maximum atomic E-state index is 9.22. The van der Waals surface area contributed by atoms with Gasteiger partial charge in [0.1, 0.15) is 45.8 Å². The van der Waals surface area contributed by atoms with Crippen molar-refractivity contribution in [2.24, 2.45) is 24.1 Å². The fourth-order valence-corrected chi connectivity index (χ4v) is 9.84. The topological polar surface area (TPSA) is 148 Å². The predicted octanol–water partition coefficient (Wildman–Crippen LogP) is 9.22. The Morgan fingerprint density at radius 2 is 1.26 bits per heavy atom. The van der Waals surface area contributed by atoms with Crippen LogP contribution in [0.1, 0.15) is 26.7 Å². The standard InChI is InChI=1S/C32H24N8O2S4/c1-5-7-41-21-11-25(37-17(13-33)14-34)45-29(21)19-9-23-27(39(19)3)28-32(43-23)30-20(40(28)4)10-24(44-30)31-22(42-8-6-2)12-26(46-31)38-18(15-35)16-36/h9-12H,5-8H2,1-4H3. The molecule has 0 spiro atoms. The van der Waals surface area contributed by atoms with Crippen molar-refractivity contribution in [3.05, 3.63) is 24.3 Å². The molecule has 6 heterocycles. The highest BCUT2D eigenvalue weighted by molar-refractivity contribution is 7.33. The van der Waals surface area contributed by atoms with E-state index in [1.54, 1.807) is 34.8 Å². The molecule has 0 aromatic carbocycles. The summed E-state index contributed by atoms with van der Waals surface area (Å²) in [4.78, 5) is 11.3. The lowest BCUT2D eigenvalue weighted by molar-refractivity contribution is 0.320. The molecule has 228 valence electrons. The Bertz CT molecular complexity index is 2350. The summed E-state index contributed by atoms with van der Waals surface area (Å²) in [6, 6.07) is 15.2. The summed E-state index contributed by atoms with van der Waals surface area (Å²) < 4.78 is 20.0. The number of fused-ring (bicyclic) bond motifs is 5. The third-order valence-electron chi connectivity index (χ3n) is 7.08. The summed E-state index contributed by atoms with van der Waals surface area (Å²) in [6.07, 6.45) is 1.69.